The Kier molecular flexibility index (Phi) is 5.13. The van der Waals surface area contributed by atoms with E-state index in [1.807, 2.05) is 12.1 Å². The molecule has 0 amide bonds. The smallest absolute Gasteiger partial charge is 0.146 e. The number of hydrogen-bond donors (Lipinski definition) is 1. The third kappa shape index (κ3) is 3.43. The number of piperazine rings is 1. The van der Waals surface area contributed by atoms with E-state index in [9.17, 15) is 4.39 Å². The Balaban J connectivity index is 1.94. The Labute approximate surface area is 113 Å². The lowest BCUT2D eigenvalue weighted by molar-refractivity contribution is 0.0899. The first kappa shape index (κ1) is 14.2. The highest BCUT2D eigenvalue weighted by Crippen LogP contribution is 2.20. The van der Waals surface area contributed by atoms with Gasteiger partial charge in [-0.1, -0.05) is 12.1 Å². The molecular formula is C14H22FN3O. The first-order chi connectivity index (χ1) is 9.26. The molecule has 1 unspecified atom stereocenters. The first-order valence-corrected chi connectivity index (χ1v) is 6.68. The number of halogens is 1. The number of anilines is 1. The highest BCUT2D eigenvalue weighted by molar-refractivity contribution is 5.48. The van der Waals surface area contributed by atoms with Crippen LogP contribution in [0.5, 0.6) is 0 Å². The van der Waals surface area contributed by atoms with E-state index in [2.05, 4.69) is 9.80 Å². The highest BCUT2D eigenvalue weighted by atomic mass is 19.1. The van der Waals surface area contributed by atoms with E-state index in [0.717, 1.165) is 26.2 Å². The molecule has 2 rings (SSSR count). The minimum atomic E-state index is -0.150. The second kappa shape index (κ2) is 6.84. The highest BCUT2D eigenvalue weighted by Gasteiger charge is 2.23. The molecule has 0 aromatic heterocycles. The fraction of sp³-hybridized carbons (Fsp3) is 0.571. The molecule has 1 aromatic rings. The Morgan fingerprint density at radius 2 is 1.95 bits per heavy atom. The third-order valence-corrected chi connectivity index (χ3v) is 3.65. The lowest BCUT2D eigenvalue weighted by Crippen LogP contribution is -2.54. The predicted octanol–water partition coefficient (Wildman–Crippen LogP) is 0.921. The van der Waals surface area contributed by atoms with Crippen molar-refractivity contribution in [2.75, 3.05) is 51.3 Å². The Bertz CT molecular complexity index is 394. The summed E-state index contributed by atoms with van der Waals surface area (Å²) in [5.74, 6) is -0.150. The summed E-state index contributed by atoms with van der Waals surface area (Å²) in [6, 6.07) is 7.19. The van der Waals surface area contributed by atoms with Crippen molar-refractivity contribution in [1.29, 1.82) is 0 Å². The number of ether oxygens (including phenoxy) is 1. The van der Waals surface area contributed by atoms with Crippen molar-refractivity contribution in [1.82, 2.24) is 4.90 Å². The molecule has 106 valence electrons. The van der Waals surface area contributed by atoms with Crippen LogP contribution in [0.4, 0.5) is 10.1 Å². The quantitative estimate of drug-likeness (QED) is 0.861. The molecular weight excluding hydrogens is 245 g/mol. The maximum Gasteiger partial charge on any atom is 0.146 e. The van der Waals surface area contributed by atoms with E-state index >= 15 is 0 Å². The molecule has 2 N–H and O–H groups in total. The Morgan fingerprint density at radius 1 is 1.26 bits per heavy atom. The van der Waals surface area contributed by atoms with Crippen LogP contribution in [0.1, 0.15) is 0 Å². The maximum atomic E-state index is 13.7. The van der Waals surface area contributed by atoms with Crippen molar-refractivity contribution < 1.29 is 9.13 Å². The number of methoxy groups -OCH3 is 1. The van der Waals surface area contributed by atoms with Crippen LogP contribution in [0, 0.1) is 5.82 Å². The van der Waals surface area contributed by atoms with Gasteiger partial charge in [0.1, 0.15) is 5.82 Å². The van der Waals surface area contributed by atoms with Crippen LogP contribution in [0.25, 0.3) is 0 Å². The van der Waals surface area contributed by atoms with Crippen molar-refractivity contribution in [2.24, 2.45) is 5.73 Å². The van der Waals surface area contributed by atoms with Crippen molar-refractivity contribution in [3.05, 3.63) is 30.1 Å². The molecule has 0 radical (unpaired) electrons. The summed E-state index contributed by atoms with van der Waals surface area (Å²) in [4.78, 5) is 4.41. The third-order valence-electron chi connectivity index (χ3n) is 3.65. The minimum absolute atomic E-state index is 0.150. The summed E-state index contributed by atoms with van der Waals surface area (Å²) < 4.78 is 18.9. The van der Waals surface area contributed by atoms with Crippen LogP contribution >= 0.6 is 0 Å². The molecule has 0 aliphatic carbocycles. The van der Waals surface area contributed by atoms with Gasteiger partial charge in [-0.2, -0.15) is 0 Å². The van der Waals surface area contributed by atoms with Gasteiger partial charge in [0.05, 0.1) is 12.3 Å². The van der Waals surface area contributed by atoms with Gasteiger partial charge in [0.2, 0.25) is 0 Å². The average Bonchev–Trinajstić information content (AvgIpc) is 2.46. The molecule has 1 atom stereocenters. The number of rotatable bonds is 5. The number of para-hydroxylation sites is 1. The van der Waals surface area contributed by atoms with Crippen molar-refractivity contribution in [2.45, 2.75) is 6.04 Å². The first-order valence-electron chi connectivity index (χ1n) is 6.68. The van der Waals surface area contributed by atoms with E-state index < -0.39 is 0 Å². The van der Waals surface area contributed by atoms with Crippen LogP contribution < -0.4 is 10.6 Å². The standard InChI is InChI=1S/C14H22FN3O/c1-19-11-12(10-16)17-6-8-18(9-7-17)14-5-3-2-4-13(14)15/h2-5,12H,6-11,16H2,1H3. The van der Waals surface area contributed by atoms with Gasteiger partial charge in [-0.3, -0.25) is 4.90 Å². The van der Waals surface area contributed by atoms with Gasteiger partial charge >= 0.3 is 0 Å². The molecule has 5 heteroatoms. The van der Waals surface area contributed by atoms with Gasteiger partial charge in [0.25, 0.3) is 0 Å². The molecule has 1 aliphatic heterocycles. The SMILES string of the molecule is COCC(CN)N1CCN(c2ccccc2F)CC1. The number of benzene rings is 1. The van der Waals surface area contributed by atoms with Crippen molar-refractivity contribution in [3.63, 3.8) is 0 Å². The Hall–Kier alpha value is -1.17. The van der Waals surface area contributed by atoms with Crippen LogP contribution in [-0.4, -0.2) is 57.4 Å². The van der Waals surface area contributed by atoms with Crippen molar-refractivity contribution >= 4 is 5.69 Å². The maximum absolute atomic E-state index is 13.7. The molecule has 0 bridgehead atoms. The van der Waals surface area contributed by atoms with Crippen LogP contribution in [-0.2, 0) is 4.74 Å². The van der Waals surface area contributed by atoms with E-state index in [1.54, 1.807) is 13.2 Å². The largest absolute Gasteiger partial charge is 0.383 e. The van der Waals surface area contributed by atoms with Crippen LogP contribution in [0.3, 0.4) is 0 Å². The molecule has 0 saturated carbocycles. The zero-order valence-corrected chi connectivity index (χ0v) is 11.4. The molecule has 1 fully saturated rings. The summed E-state index contributed by atoms with van der Waals surface area (Å²) in [7, 11) is 1.69. The Morgan fingerprint density at radius 3 is 2.53 bits per heavy atom. The van der Waals surface area contributed by atoms with Gasteiger partial charge in [-0.25, -0.2) is 4.39 Å². The number of hydrogen-bond acceptors (Lipinski definition) is 4. The number of nitrogens with two attached hydrogens (primary N) is 1. The van der Waals surface area contributed by atoms with E-state index in [4.69, 9.17) is 10.5 Å². The van der Waals surface area contributed by atoms with Gasteiger partial charge in [-0.05, 0) is 12.1 Å². The summed E-state index contributed by atoms with van der Waals surface area (Å²) >= 11 is 0. The molecule has 4 nitrogen and oxygen atoms in total. The molecule has 1 saturated heterocycles. The topological polar surface area (TPSA) is 41.7 Å². The van der Waals surface area contributed by atoms with Gasteiger partial charge < -0.3 is 15.4 Å². The average molecular weight is 267 g/mol. The summed E-state index contributed by atoms with van der Waals surface area (Å²) in [5.41, 5.74) is 6.46. The molecule has 1 aliphatic rings. The number of nitrogens with zero attached hydrogens (tertiary/aromatic N) is 2. The van der Waals surface area contributed by atoms with Crippen LogP contribution in [0.2, 0.25) is 0 Å². The van der Waals surface area contributed by atoms with Gasteiger partial charge in [0.15, 0.2) is 0 Å². The molecule has 1 heterocycles. The van der Waals surface area contributed by atoms with E-state index in [-0.39, 0.29) is 11.9 Å². The lowest BCUT2D eigenvalue weighted by Gasteiger charge is -2.39. The summed E-state index contributed by atoms with van der Waals surface area (Å²) in [5, 5.41) is 0. The zero-order valence-electron chi connectivity index (χ0n) is 11.4. The fourth-order valence-corrected chi connectivity index (χ4v) is 2.55. The predicted molar refractivity (Wildman–Crippen MR) is 74.9 cm³/mol. The second-order valence-electron chi connectivity index (χ2n) is 4.82. The summed E-state index contributed by atoms with van der Waals surface area (Å²) in [6.07, 6.45) is 0. The molecule has 0 spiro atoms. The fourth-order valence-electron chi connectivity index (χ4n) is 2.55. The zero-order chi connectivity index (χ0) is 13.7. The molecule has 19 heavy (non-hydrogen) atoms. The normalized spacial score (nSPS) is 18.6. The lowest BCUT2D eigenvalue weighted by atomic mass is 10.2. The van der Waals surface area contributed by atoms with E-state index in [1.165, 1.54) is 6.07 Å². The molecule has 1 aromatic carbocycles. The summed E-state index contributed by atoms with van der Waals surface area (Å²) in [6.45, 7) is 4.66. The van der Waals surface area contributed by atoms with Gasteiger partial charge in [0, 0.05) is 45.9 Å². The van der Waals surface area contributed by atoms with Gasteiger partial charge in [-0.15, -0.1) is 0 Å². The minimum Gasteiger partial charge on any atom is -0.383 e. The second-order valence-corrected chi connectivity index (χ2v) is 4.82. The van der Waals surface area contributed by atoms with Crippen LogP contribution in [0.15, 0.2) is 24.3 Å². The monoisotopic (exact) mass is 267 g/mol. The van der Waals surface area contributed by atoms with E-state index in [0.29, 0.717) is 18.8 Å². The van der Waals surface area contributed by atoms with Crippen molar-refractivity contribution in [3.8, 4) is 0 Å².